The molecule has 0 N–H and O–H groups in total. The fraction of sp³-hybridized carbons (Fsp3) is 0.0182. The smallest absolute Gasteiger partial charge is 0.0746 e. The zero-order chi connectivity index (χ0) is 36.5. The third kappa shape index (κ3) is 3.70. The van der Waals surface area contributed by atoms with E-state index in [0.29, 0.717) is 0 Å². The van der Waals surface area contributed by atoms with Crippen LogP contribution in [0.1, 0.15) is 22.3 Å². The molecule has 1 spiro atoms. The van der Waals surface area contributed by atoms with Gasteiger partial charge in [-0.1, -0.05) is 170 Å². The van der Waals surface area contributed by atoms with Crippen molar-refractivity contribution in [2.45, 2.75) is 5.41 Å². The molecule has 0 unspecified atom stereocenters. The fourth-order valence-corrected chi connectivity index (χ4v) is 10.8. The first-order chi connectivity index (χ1) is 27.8. The lowest BCUT2D eigenvalue weighted by molar-refractivity contribution is 0.797. The molecule has 0 saturated carbocycles. The van der Waals surface area contributed by atoms with E-state index < -0.39 is 5.41 Å². The van der Waals surface area contributed by atoms with Crippen LogP contribution < -0.4 is 0 Å². The first kappa shape index (κ1) is 30.1. The van der Waals surface area contributed by atoms with Crippen LogP contribution in [-0.2, 0) is 5.41 Å². The van der Waals surface area contributed by atoms with E-state index in [1.54, 1.807) is 0 Å². The van der Waals surface area contributed by atoms with Crippen LogP contribution in [0, 0.1) is 0 Å². The first-order valence-electron chi connectivity index (χ1n) is 19.6. The highest BCUT2D eigenvalue weighted by Crippen LogP contribution is 2.64. The number of fused-ring (bicyclic) bond motifs is 20. The molecule has 1 heterocycles. The topological polar surface area (TPSA) is 4.93 Å². The van der Waals surface area contributed by atoms with Crippen molar-refractivity contribution in [3.63, 3.8) is 0 Å². The number of rotatable bonds is 2. The largest absolute Gasteiger partial charge is 0.309 e. The van der Waals surface area contributed by atoms with Gasteiger partial charge in [-0.25, -0.2) is 0 Å². The zero-order valence-corrected chi connectivity index (χ0v) is 30.5. The van der Waals surface area contributed by atoms with Gasteiger partial charge in [0.2, 0.25) is 0 Å². The molecule has 0 aliphatic heterocycles. The Morgan fingerprint density at radius 3 is 1.36 bits per heavy atom. The van der Waals surface area contributed by atoms with Gasteiger partial charge in [0, 0.05) is 22.0 Å². The Bertz CT molecular complexity index is 3380. The van der Waals surface area contributed by atoms with Crippen molar-refractivity contribution in [2.24, 2.45) is 0 Å². The van der Waals surface area contributed by atoms with Gasteiger partial charge >= 0.3 is 0 Å². The Morgan fingerprint density at radius 2 is 0.750 bits per heavy atom. The van der Waals surface area contributed by atoms with Gasteiger partial charge in [0.15, 0.2) is 0 Å². The van der Waals surface area contributed by atoms with Crippen molar-refractivity contribution in [2.75, 3.05) is 0 Å². The fourth-order valence-electron chi connectivity index (χ4n) is 10.8. The quantitative estimate of drug-likeness (QED) is 0.158. The van der Waals surface area contributed by atoms with Crippen molar-refractivity contribution < 1.29 is 0 Å². The average Bonchev–Trinajstić information content (AvgIpc) is 3.88. The molecular formula is C55H33N. The molecule has 0 atom stereocenters. The van der Waals surface area contributed by atoms with E-state index in [-0.39, 0.29) is 0 Å². The van der Waals surface area contributed by atoms with E-state index in [1.165, 1.54) is 115 Å². The summed E-state index contributed by atoms with van der Waals surface area (Å²) < 4.78 is 2.55. The lowest BCUT2D eigenvalue weighted by Crippen LogP contribution is -2.26. The van der Waals surface area contributed by atoms with Crippen LogP contribution in [-0.4, -0.2) is 4.57 Å². The van der Waals surface area contributed by atoms with Crippen LogP contribution in [0.25, 0.3) is 93.2 Å². The first-order valence-corrected chi connectivity index (χ1v) is 19.6. The standard InChI is InChI=1S/C55H33N/c1-2-14-36(15-3-1)56-52-31-27-35(34-26-28-41-39-18-5-4-16-37(39)38-17-6-7-19-40(38)47(41)32-34)33-48(52)46-30-29-45-44-22-10-13-25-51(44)55(53(45)54(46)56)49-23-11-8-20-42(49)43-21-9-12-24-50(43)55/h1-33H. The minimum atomic E-state index is -0.454. The summed E-state index contributed by atoms with van der Waals surface area (Å²) >= 11 is 0. The second kappa shape index (κ2) is 10.9. The Hall–Kier alpha value is -7.22. The SMILES string of the molecule is c1ccc(-n2c3ccc(-c4ccc5c6ccccc6c6ccccc6c5c4)cc3c3ccc4c(c32)C2(c3ccccc3-c3ccccc32)c2ccccc2-4)cc1. The number of para-hydroxylation sites is 1. The van der Waals surface area contributed by atoms with E-state index in [4.69, 9.17) is 0 Å². The van der Waals surface area contributed by atoms with Crippen LogP contribution in [0.3, 0.4) is 0 Å². The summed E-state index contributed by atoms with van der Waals surface area (Å²) in [7, 11) is 0. The van der Waals surface area contributed by atoms with Crippen molar-refractivity contribution in [1.29, 1.82) is 0 Å². The number of nitrogens with zero attached hydrogens (tertiary/aromatic N) is 1. The van der Waals surface area contributed by atoms with Crippen molar-refractivity contribution in [3.05, 3.63) is 222 Å². The van der Waals surface area contributed by atoms with Crippen molar-refractivity contribution in [1.82, 2.24) is 4.57 Å². The Labute approximate surface area is 324 Å². The average molecular weight is 708 g/mol. The van der Waals surface area contributed by atoms with Gasteiger partial charge in [-0.15, -0.1) is 0 Å². The predicted molar refractivity (Wildman–Crippen MR) is 235 cm³/mol. The molecule has 258 valence electrons. The van der Waals surface area contributed by atoms with E-state index >= 15 is 0 Å². The minimum Gasteiger partial charge on any atom is -0.309 e. The predicted octanol–water partition coefficient (Wildman–Crippen LogP) is 14.3. The van der Waals surface area contributed by atoms with E-state index in [1.807, 2.05) is 0 Å². The molecule has 11 aromatic rings. The highest BCUT2D eigenvalue weighted by molar-refractivity contribution is 6.26. The molecule has 0 radical (unpaired) electrons. The summed E-state index contributed by atoms with van der Waals surface area (Å²) in [5.41, 5.74) is 16.4. The lowest BCUT2D eigenvalue weighted by atomic mass is 9.70. The summed E-state index contributed by atoms with van der Waals surface area (Å²) in [6, 6.07) is 75.0. The van der Waals surface area contributed by atoms with E-state index in [2.05, 4.69) is 205 Å². The molecule has 56 heavy (non-hydrogen) atoms. The molecule has 1 nitrogen and oxygen atoms in total. The van der Waals surface area contributed by atoms with Crippen LogP contribution in [0.15, 0.2) is 200 Å². The molecule has 0 saturated heterocycles. The van der Waals surface area contributed by atoms with Gasteiger partial charge in [-0.05, 0) is 113 Å². The molecular weight excluding hydrogens is 675 g/mol. The molecule has 1 aromatic heterocycles. The molecule has 1 heteroatoms. The van der Waals surface area contributed by atoms with Gasteiger partial charge in [0.1, 0.15) is 0 Å². The molecule has 0 fully saturated rings. The number of hydrogen-bond acceptors (Lipinski definition) is 0. The van der Waals surface area contributed by atoms with Crippen LogP contribution in [0.2, 0.25) is 0 Å². The van der Waals surface area contributed by atoms with Gasteiger partial charge in [0.25, 0.3) is 0 Å². The summed E-state index contributed by atoms with van der Waals surface area (Å²) in [4.78, 5) is 0. The highest BCUT2D eigenvalue weighted by atomic mass is 15.0. The molecule has 10 aromatic carbocycles. The lowest BCUT2D eigenvalue weighted by Gasteiger charge is -2.31. The Kier molecular flexibility index (Phi) is 5.89. The molecule has 13 rings (SSSR count). The summed E-state index contributed by atoms with van der Waals surface area (Å²) in [5.74, 6) is 0. The van der Waals surface area contributed by atoms with Crippen molar-refractivity contribution >= 4 is 54.1 Å². The van der Waals surface area contributed by atoms with Crippen LogP contribution >= 0.6 is 0 Å². The van der Waals surface area contributed by atoms with Crippen molar-refractivity contribution in [3.8, 4) is 39.1 Å². The Balaban J connectivity index is 1.14. The maximum Gasteiger partial charge on any atom is 0.0746 e. The second-order valence-corrected chi connectivity index (χ2v) is 15.5. The molecule has 0 bridgehead atoms. The van der Waals surface area contributed by atoms with Gasteiger partial charge in [0.05, 0.1) is 16.4 Å². The zero-order valence-electron chi connectivity index (χ0n) is 30.5. The highest BCUT2D eigenvalue weighted by Gasteiger charge is 2.53. The van der Waals surface area contributed by atoms with E-state index in [0.717, 1.165) is 0 Å². The molecule has 0 amide bonds. The minimum absolute atomic E-state index is 0.454. The third-order valence-electron chi connectivity index (χ3n) is 13.0. The third-order valence-corrected chi connectivity index (χ3v) is 13.0. The summed E-state index contributed by atoms with van der Waals surface area (Å²) in [5, 5.41) is 10.3. The Morgan fingerprint density at radius 1 is 0.304 bits per heavy atom. The molecule has 2 aliphatic rings. The van der Waals surface area contributed by atoms with E-state index in [9.17, 15) is 0 Å². The van der Waals surface area contributed by atoms with Gasteiger partial charge < -0.3 is 4.57 Å². The normalized spacial score (nSPS) is 13.5. The second-order valence-electron chi connectivity index (χ2n) is 15.5. The van der Waals surface area contributed by atoms with Gasteiger partial charge in [-0.2, -0.15) is 0 Å². The number of benzene rings is 10. The number of hydrogen-bond donors (Lipinski definition) is 0. The molecule has 2 aliphatic carbocycles. The van der Waals surface area contributed by atoms with Crippen LogP contribution in [0.5, 0.6) is 0 Å². The summed E-state index contributed by atoms with van der Waals surface area (Å²) in [6.45, 7) is 0. The summed E-state index contributed by atoms with van der Waals surface area (Å²) in [6.07, 6.45) is 0. The maximum absolute atomic E-state index is 2.55. The maximum atomic E-state index is 2.55. The van der Waals surface area contributed by atoms with Gasteiger partial charge in [-0.3, -0.25) is 0 Å². The number of aromatic nitrogens is 1. The monoisotopic (exact) mass is 707 g/mol. The van der Waals surface area contributed by atoms with Crippen LogP contribution in [0.4, 0.5) is 0 Å².